The van der Waals surface area contributed by atoms with Crippen LogP contribution in [0.5, 0.6) is 0 Å². The van der Waals surface area contributed by atoms with Crippen molar-refractivity contribution >= 4 is 5.91 Å². The van der Waals surface area contributed by atoms with Gasteiger partial charge in [-0.2, -0.15) is 5.26 Å². The van der Waals surface area contributed by atoms with Crippen LogP contribution in [0.1, 0.15) is 6.42 Å². The van der Waals surface area contributed by atoms with Crippen molar-refractivity contribution in [1.29, 1.82) is 5.26 Å². The molecule has 3 N–H and O–H groups in total. The molecule has 1 atom stereocenters. The summed E-state index contributed by atoms with van der Waals surface area (Å²) < 4.78 is 0. The van der Waals surface area contributed by atoms with Crippen molar-refractivity contribution in [2.75, 3.05) is 13.2 Å². The van der Waals surface area contributed by atoms with Crippen molar-refractivity contribution in [1.82, 2.24) is 5.32 Å². The Hall–Kier alpha value is -1.12. The molecule has 0 rings (SSSR count). The minimum atomic E-state index is -0.947. The Kier molecular flexibility index (Phi) is 5.07. The lowest BCUT2D eigenvalue weighted by molar-refractivity contribution is -0.120. The Balaban J connectivity index is 3.39. The minimum Gasteiger partial charge on any atom is -0.394 e. The van der Waals surface area contributed by atoms with E-state index >= 15 is 0 Å². The molecule has 0 fully saturated rings. The monoisotopic (exact) mass is 158 g/mol. The van der Waals surface area contributed by atoms with Crippen molar-refractivity contribution in [3.8, 4) is 6.07 Å². The molecule has 0 saturated carbocycles. The van der Waals surface area contributed by atoms with Crippen LogP contribution in [0.15, 0.2) is 0 Å². The third kappa shape index (κ3) is 5.33. The van der Waals surface area contributed by atoms with Gasteiger partial charge < -0.3 is 15.5 Å². The van der Waals surface area contributed by atoms with Gasteiger partial charge in [-0.1, -0.05) is 0 Å². The molecular formula is C6H10N2O3. The molecule has 5 nitrogen and oxygen atoms in total. The van der Waals surface area contributed by atoms with Crippen LogP contribution in [0.4, 0.5) is 0 Å². The summed E-state index contributed by atoms with van der Waals surface area (Å²) in [6.45, 7) is -0.413. The zero-order valence-corrected chi connectivity index (χ0v) is 5.95. The zero-order chi connectivity index (χ0) is 8.69. The number of nitrogens with one attached hydrogen (secondary N) is 1. The third-order valence-corrected chi connectivity index (χ3v) is 0.985. The summed E-state index contributed by atoms with van der Waals surface area (Å²) in [5.41, 5.74) is 0. The molecule has 11 heavy (non-hydrogen) atoms. The number of rotatable bonds is 4. The lowest BCUT2D eigenvalue weighted by Crippen LogP contribution is -2.33. The SMILES string of the molecule is N#CCC(=O)NCC(O)CO. The molecule has 0 radical (unpaired) electrons. The number of nitriles is 1. The summed E-state index contributed by atoms with van der Waals surface area (Å²) in [4.78, 5) is 10.5. The Labute approximate surface area is 64.3 Å². The van der Waals surface area contributed by atoms with Gasteiger partial charge in [-0.05, 0) is 0 Å². The molecule has 0 heterocycles. The number of carbonyl (C=O) groups excluding carboxylic acids is 1. The molecule has 0 aromatic rings. The highest BCUT2D eigenvalue weighted by atomic mass is 16.3. The van der Waals surface area contributed by atoms with E-state index < -0.39 is 18.6 Å². The maximum Gasteiger partial charge on any atom is 0.234 e. The highest BCUT2D eigenvalue weighted by Crippen LogP contribution is 1.79. The van der Waals surface area contributed by atoms with Crippen molar-refractivity contribution in [3.05, 3.63) is 0 Å². The zero-order valence-electron chi connectivity index (χ0n) is 5.95. The lowest BCUT2D eigenvalue weighted by atomic mass is 10.3. The number of aliphatic hydroxyl groups excluding tert-OH is 2. The minimum absolute atomic E-state index is 0.0169. The van der Waals surface area contributed by atoms with Crippen molar-refractivity contribution in [2.24, 2.45) is 0 Å². The Morgan fingerprint density at radius 3 is 2.82 bits per heavy atom. The first-order chi connectivity index (χ1) is 5.20. The van der Waals surface area contributed by atoms with E-state index in [1.54, 1.807) is 6.07 Å². The maximum atomic E-state index is 10.5. The lowest BCUT2D eigenvalue weighted by Gasteiger charge is -2.06. The van der Waals surface area contributed by atoms with E-state index in [2.05, 4.69) is 5.32 Å². The van der Waals surface area contributed by atoms with Gasteiger partial charge in [0.25, 0.3) is 0 Å². The summed E-state index contributed by atoms with van der Waals surface area (Å²) >= 11 is 0. The second-order valence-electron chi connectivity index (χ2n) is 1.98. The molecule has 0 aliphatic heterocycles. The second-order valence-corrected chi connectivity index (χ2v) is 1.98. The van der Waals surface area contributed by atoms with Gasteiger partial charge in [0.05, 0.1) is 18.8 Å². The van der Waals surface area contributed by atoms with Crippen LogP contribution in [0, 0.1) is 11.3 Å². The average molecular weight is 158 g/mol. The fraction of sp³-hybridized carbons (Fsp3) is 0.667. The predicted octanol–water partition coefficient (Wildman–Crippen LogP) is -1.63. The van der Waals surface area contributed by atoms with E-state index in [9.17, 15) is 4.79 Å². The fourth-order valence-electron chi connectivity index (χ4n) is 0.431. The maximum absolute atomic E-state index is 10.5. The van der Waals surface area contributed by atoms with E-state index in [4.69, 9.17) is 15.5 Å². The number of hydrogen-bond acceptors (Lipinski definition) is 4. The van der Waals surface area contributed by atoms with Crippen LogP contribution in [0.3, 0.4) is 0 Å². The van der Waals surface area contributed by atoms with Crippen LogP contribution < -0.4 is 5.32 Å². The second kappa shape index (κ2) is 5.65. The Morgan fingerprint density at radius 2 is 2.36 bits per heavy atom. The first-order valence-corrected chi connectivity index (χ1v) is 3.13. The van der Waals surface area contributed by atoms with Crippen LogP contribution in [-0.2, 0) is 4.79 Å². The molecule has 1 unspecified atom stereocenters. The molecule has 62 valence electrons. The largest absolute Gasteiger partial charge is 0.394 e. The molecular weight excluding hydrogens is 148 g/mol. The smallest absolute Gasteiger partial charge is 0.234 e. The van der Waals surface area contributed by atoms with Gasteiger partial charge in [-0.3, -0.25) is 4.79 Å². The first-order valence-electron chi connectivity index (χ1n) is 3.13. The van der Waals surface area contributed by atoms with Crippen molar-refractivity contribution in [3.63, 3.8) is 0 Å². The van der Waals surface area contributed by atoms with Crippen molar-refractivity contribution in [2.45, 2.75) is 12.5 Å². The van der Waals surface area contributed by atoms with Gasteiger partial charge in [-0.15, -0.1) is 0 Å². The Bertz CT molecular complexity index is 164. The summed E-state index contributed by atoms with van der Waals surface area (Å²) in [7, 11) is 0. The number of hydrogen-bond donors (Lipinski definition) is 3. The molecule has 0 aliphatic carbocycles. The molecule has 0 saturated heterocycles. The van der Waals surface area contributed by atoms with Gasteiger partial charge in [0.2, 0.25) is 5.91 Å². The summed E-state index contributed by atoms with van der Waals surface area (Å²) in [6.07, 6.45) is -1.17. The van der Waals surface area contributed by atoms with Crippen LogP contribution in [0.25, 0.3) is 0 Å². The standard InChI is InChI=1S/C6H10N2O3/c7-2-1-6(11)8-3-5(10)4-9/h5,9-10H,1,3-4H2,(H,8,11). The Morgan fingerprint density at radius 1 is 1.73 bits per heavy atom. The van der Waals surface area contributed by atoms with Crippen molar-refractivity contribution < 1.29 is 15.0 Å². The summed E-state index contributed by atoms with van der Waals surface area (Å²) in [6, 6.07) is 1.65. The molecule has 5 heteroatoms. The van der Waals surface area contributed by atoms with Crippen LogP contribution in [0.2, 0.25) is 0 Å². The number of amides is 1. The first kappa shape index (κ1) is 9.88. The van der Waals surface area contributed by atoms with Gasteiger partial charge in [0.1, 0.15) is 6.42 Å². The van der Waals surface area contributed by atoms with E-state index in [1.165, 1.54) is 0 Å². The van der Waals surface area contributed by atoms with Gasteiger partial charge >= 0.3 is 0 Å². The molecule has 0 aromatic heterocycles. The molecule has 0 aliphatic rings. The van der Waals surface area contributed by atoms with Crippen LogP contribution in [-0.4, -0.2) is 35.4 Å². The number of carbonyl (C=O) groups is 1. The predicted molar refractivity (Wildman–Crippen MR) is 36.3 cm³/mol. The molecule has 0 bridgehead atoms. The number of nitrogens with zero attached hydrogens (tertiary/aromatic N) is 1. The topological polar surface area (TPSA) is 93.4 Å². The highest BCUT2D eigenvalue weighted by molar-refractivity contribution is 5.77. The number of aliphatic hydroxyl groups is 2. The molecule has 0 aromatic carbocycles. The van der Waals surface area contributed by atoms with Gasteiger partial charge in [0, 0.05) is 6.54 Å². The average Bonchev–Trinajstić information content (AvgIpc) is 2.01. The van der Waals surface area contributed by atoms with E-state index in [0.717, 1.165) is 0 Å². The normalized spacial score (nSPS) is 11.7. The molecule has 0 spiro atoms. The van der Waals surface area contributed by atoms with E-state index in [-0.39, 0.29) is 13.0 Å². The van der Waals surface area contributed by atoms with Crippen LogP contribution >= 0.6 is 0 Å². The van der Waals surface area contributed by atoms with Gasteiger partial charge in [0.15, 0.2) is 0 Å². The third-order valence-electron chi connectivity index (χ3n) is 0.985. The fourth-order valence-corrected chi connectivity index (χ4v) is 0.431. The van der Waals surface area contributed by atoms with Gasteiger partial charge in [-0.25, -0.2) is 0 Å². The summed E-state index contributed by atoms with van der Waals surface area (Å²) in [5.74, 6) is -0.444. The summed E-state index contributed by atoms with van der Waals surface area (Å²) in [5, 5.41) is 27.3. The highest BCUT2D eigenvalue weighted by Gasteiger charge is 2.03. The van der Waals surface area contributed by atoms with E-state index in [1.807, 2.05) is 0 Å². The molecule has 1 amide bonds. The quantitative estimate of drug-likeness (QED) is 0.458. The van der Waals surface area contributed by atoms with E-state index in [0.29, 0.717) is 0 Å².